The molecule has 0 aliphatic carbocycles. The van der Waals surface area contributed by atoms with Gasteiger partial charge in [0.15, 0.2) is 0 Å². The molecule has 4 aromatic rings. The Morgan fingerprint density at radius 1 is 1.06 bits per heavy atom. The minimum Gasteiger partial charge on any atom is -0.339 e. The fourth-order valence-corrected chi connectivity index (χ4v) is 3.25. The van der Waals surface area contributed by atoms with Gasteiger partial charge in [-0.25, -0.2) is 4.98 Å². The van der Waals surface area contributed by atoms with Crippen LogP contribution in [0.15, 0.2) is 54.0 Å². The van der Waals surface area contributed by atoms with Gasteiger partial charge < -0.3 is 4.98 Å². The van der Waals surface area contributed by atoms with Gasteiger partial charge in [0.2, 0.25) is 0 Å². The summed E-state index contributed by atoms with van der Waals surface area (Å²) in [5.74, 6) is 0. The first-order valence-corrected chi connectivity index (χ1v) is 6.70. The minimum absolute atomic E-state index is 0.947. The Bertz CT molecular complexity index is 809. The van der Waals surface area contributed by atoms with E-state index in [1.54, 1.807) is 11.3 Å². The van der Waals surface area contributed by atoms with Gasteiger partial charge in [-0.3, -0.25) is 0 Å². The molecule has 0 saturated heterocycles. The zero-order chi connectivity index (χ0) is 11.9. The molecule has 2 nitrogen and oxygen atoms in total. The van der Waals surface area contributed by atoms with Crippen molar-refractivity contribution in [2.24, 2.45) is 0 Å². The summed E-state index contributed by atoms with van der Waals surface area (Å²) < 4.78 is 1.32. The topological polar surface area (TPSA) is 28.7 Å². The van der Waals surface area contributed by atoms with Gasteiger partial charge in [0.25, 0.3) is 0 Å². The van der Waals surface area contributed by atoms with Crippen molar-refractivity contribution in [2.75, 3.05) is 0 Å². The highest BCUT2D eigenvalue weighted by Gasteiger charge is 2.08. The lowest BCUT2D eigenvalue weighted by Gasteiger charge is -1.94. The molecule has 4 rings (SSSR count). The maximum absolute atomic E-state index is 4.34. The molecule has 0 fully saturated rings. The Labute approximate surface area is 108 Å². The molecule has 0 saturated carbocycles. The predicted octanol–water partition coefficient (Wildman–Crippen LogP) is 4.44. The van der Waals surface area contributed by atoms with Crippen molar-refractivity contribution in [3.63, 3.8) is 0 Å². The van der Waals surface area contributed by atoms with E-state index < -0.39 is 0 Å². The number of fused-ring (bicyclic) bond motifs is 2. The highest BCUT2D eigenvalue weighted by Crippen LogP contribution is 2.34. The number of rotatable bonds is 1. The monoisotopic (exact) mass is 250 g/mol. The largest absolute Gasteiger partial charge is 0.339 e. The van der Waals surface area contributed by atoms with E-state index in [0.29, 0.717) is 0 Å². The Kier molecular flexibility index (Phi) is 2.02. The number of benzene rings is 1. The highest BCUT2D eigenvalue weighted by atomic mass is 32.1. The van der Waals surface area contributed by atoms with Crippen LogP contribution in [0, 0.1) is 0 Å². The van der Waals surface area contributed by atoms with E-state index in [4.69, 9.17) is 0 Å². The van der Waals surface area contributed by atoms with Gasteiger partial charge in [0.1, 0.15) is 5.65 Å². The molecule has 1 aromatic carbocycles. The molecular formula is C15H10N2S. The van der Waals surface area contributed by atoms with Crippen molar-refractivity contribution >= 4 is 32.5 Å². The molecular weight excluding hydrogens is 240 g/mol. The SMILES string of the molecule is c1cnc2[nH]c(-c3csc4ccccc34)cc2c1. The molecule has 3 heterocycles. The Balaban J connectivity index is 2.01. The van der Waals surface area contributed by atoms with Gasteiger partial charge in [-0.15, -0.1) is 11.3 Å². The van der Waals surface area contributed by atoms with Crippen LogP contribution in [0.25, 0.3) is 32.4 Å². The third-order valence-corrected chi connectivity index (χ3v) is 4.13. The lowest BCUT2D eigenvalue weighted by molar-refractivity contribution is 1.33. The Hall–Kier alpha value is -2.13. The lowest BCUT2D eigenvalue weighted by Crippen LogP contribution is -1.75. The van der Waals surface area contributed by atoms with E-state index in [1.165, 1.54) is 15.6 Å². The molecule has 0 atom stereocenters. The van der Waals surface area contributed by atoms with Crippen molar-refractivity contribution in [2.45, 2.75) is 0 Å². The maximum atomic E-state index is 4.34. The van der Waals surface area contributed by atoms with Gasteiger partial charge in [-0.05, 0) is 24.3 Å². The molecule has 86 valence electrons. The van der Waals surface area contributed by atoms with Crippen LogP contribution in [0.1, 0.15) is 0 Å². The second kappa shape index (κ2) is 3.68. The van der Waals surface area contributed by atoms with Gasteiger partial charge in [0, 0.05) is 38.3 Å². The second-order valence-corrected chi connectivity index (χ2v) is 5.18. The maximum Gasteiger partial charge on any atom is 0.137 e. The first-order valence-electron chi connectivity index (χ1n) is 5.82. The molecule has 3 heteroatoms. The van der Waals surface area contributed by atoms with Crippen LogP contribution >= 0.6 is 11.3 Å². The van der Waals surface area contributed by atoms with E-state index in [9.17, 15) is 0 Å². The summed E-state index contributed by atoms with van der Waals surface area (Å²) in [6.07, 6.45) is 1.81. The number of pyridine rings is 1. The number of aromatic amines is 1. The number of nitrogens with one attached hydrogen (secondary N) is 1. The molecule has 0 amide bonds. The van der Waals surface area contributed by atoms with Crippen LogP contribution in [0.2, 0.25) is 0 Å². The summed E-state index contributed by atoms with van der Waals surface area (Å²) in [5, 5.41) is 4.66. The number of thiophene rings is 1. The van der Waals surface area contributed by atoms with Crippen LogP contribution in [0.5, 0.6) is 0 Å². The highest BCUT2D eigenvalue weighted by molar-refractivity contribution is 7.17. The van der Waals surface area contributed by atoms with Crippen LogP contribution in [-0.2, 0) is 0 Å². The molecule has 0 aliphatic heterocycles. The molecule has 3 aromatic heterocycles. The molecule has 0 spiro atoms. The fraction of sp³-hybridized carbons (Fsp3) is 0. The number of H-pyrrole nitrogens is 1. The summed E-state index contributed by atoms with van der Waals surface area (Å²) in [6, 6.07) is 14.7. The van der Waals surface area contributed by atoms with Crippen molar-refractivity contribution in [3.8, 4) is 11.3 Å². The summed E-state index contributed by atoms with van der Waals surface area (Å²) in [6.45, 7) is 0. The summed E-state index contributed by atoms with van der Waals surface area (Å²) in [4.78, 5) is 7.73. The van der Waals surface area contributed by atoms with E-state index >= 15 is 0 Å². The van der Waals surface area contributed by atoms with Crippen LogP contribution in [0.4, 0.5) is 0 Å². The van der Waals surface area contributed by atoms with Crippen molar-refractivity contribution < 1.29 is 0 Å². The normalized spacial score (nSPS) is 11.3. The van der Waals surface area contributed by atoms with Gasteiger partial charge in [-0.2, -0.15) is 0 Å². The van der Waals surface area contributed by atoms with Gasteiger partial charge in [0.05, 0.1) is 0 Å². The van der Waals surface area contributed by atoms with E-state index in [0.717, 1.165) is 16.7 Å². The number of hydrogen-bond donors (Lipinski definition) is 1. The van der Waals surface area contributed by atoms with Crippen molar-refractivity contribution in [3.05, 3.63) is 54.0 Å². The van der Waals surface area contributed by atoms with Crippen LogP contribution in [0.3, 0.4) is 0 Å². The van der Waals surface area contributed by atoms with Crippen LogP contribution in [-0.4, -0.2) is 9.97 Å². The first-order chi connectivity index (χ1) is 8.92. The average molecular weight is 250 g/mol. The predicted molar refractivity (Wildman–Crippen MR) is 76.9 cm³/mol. The fourth-order valence-electron chi connectivity index (χ4n) is 2.29. The standard InChI is InChI=1S/C15H10N2S/c1-2-6-14-11(5-1)12(9-18-14)13-8-10-4-3-7-16-15(10)17-13/h1-9H,(H,16,17). The zero-order valence-corrected chi connectivity index (χ0v) is 10.4. The second-order valence-electron chi connectivity index (χ2n) is 4.27. The van der Waals surface area contributed by atoms with E-state index in [2.05, 4.69) is 51.7 Å². The van der Waals surface area contributed by atoms with Crippen molar-refractivity contribution in [1.29, 1.82) is 0 Å². The number of nitrogens with zero attached hydrogens (tertiary/aromatic N) is 1. The summed E-state index contributed by atoms with van der Waals surface area (Å²) in [7, 11) is 0. The Morgan fingerprint density at radius 3 is 2.94 bits per heavy atom. The van der Waals surface area contributed by atoms with Crippen LogP contribution < -0.4 is 0 Å². The van der Waals surface area contributed by atoms with Gasteiger partial charge >= 0.3 is 0 Å². The quantitative estimate of drug-likeness (QED) is 0.531. The van der Waals surface area contributed by atoms with Crippen molar-refractivity contribution in [1.82, 2.24) is 9.97 Å². The molecule has 0 bridgehead atoms. The minimum atomic E-state index is 0.947. The molecule has 0 unspecified atom stereocenters. The molecule has 0 radical (unpaired) electrons. The molecule has 18 heavy (non-hydrogen) atoms. The Morgan fingerprint density at radius 2 is 2.00 bits per heavy atom. The number of hydrogen-bond acceptors (Lipinski definition) is 2. The lowest BCUT2D eigenvalue weighted by atomic mass is 10.1. The van der Waals surface area contributed by atoms with E-state index in [1.807, 2.05) is 12.3 Å². The third kappa shape index (κ3) is 1.38. The number of aromatic nitrogens is 2. The first kappa shape index (κ1) is 9.85. The molecule has 0 aliphatic rings. The summed E-state index contributed by atoms with van der Waals surface area (Å²) in [5.41, 5.74) is 3.34. The summed E-state index contributed by atoms with van der Waals surface area (Å²) >= 11 is 1.78. The smallest absolute Gasteiger partial charge is 0.137 e. The zero-order valence-electron chi connectivity index (χ0n) is 9.55. The molecule has 1 N–H and O–H groups in total. The average Bonchev–Trinajstić information content (AvgIpc) is 3.02. The van der Waals surface area contributed by atoms with Gasteiger partial charge in [-0.1, -0.05) is 18.2 Å². The third-order valence-electron chi connectivity index (χ3n) is 3.16. The van der Waals surface area contributed by atoms with E-state index in [-0.39, 0.29) is 0 Å².